The van der Waals surface area contributed by atoms with Crippen molar-refractivity contribution in [3.05, 3.63) is 179 Å². The highest BCUT2D eigenvalue weighted by Crippen LogP contribution is 2.34. The molecule has 10 nitrogen and oxygen atoms in total. The molecule has 0 radical (unpaired) electrons. The molecule has 6 atom stereocenters. The van der Waals surface area contributed by atoms with Crippen LogP contribution in [0.4, 0.5) is 0 Å². The fraction of sp³-hybridized carbons (Fsp3) is 0.367. The first-order valence-electron chi connectivity index (χ1n) is 20.3. The van der Waals surface area contributed by atoms with Crippen LogP contribution in [0.5, 0.6) is 0 Å². The minimum absolute atomic E-state index is 0.00414. The van der Waals surface area contributed by atoms with E-state index in [2.05, 4.69) is 34.1 Å². The first-order valence-corrected chi connectivity index (χ1v) is 20.3. The largest absolute Gasteiger partial charge is 0.479 e. The van der Waals surface area contributed by atoms with Crippen molar-refractivity contribution < 1.29 is 38.7 Å². The molecule has 59 heavy (non-hydrogen) atoms. The van der Waals surface area contributed by atoms with E-state index in [0.29, 0.717) is 32.8 Å². The van der Waals surface area contributed by atoms with Crippen LogP contribution >= 0.6 is 0 Å². The van der Waals surface area contributed by atoms with Gasteiger partial charge in [-0.15, -0.1) is 0 Å². The molecule has 0 bridgehead atoms. The van der Waals surface area contributed by atoms with Crippen LogP contribution in [-0.4, -0.2) is 88.8 Å². The number of aliphatic hydroxyl groups is 1. The molecule has 2 N–H and O–H groups in total. The predicted molar refractivity (Wildman–Crippen MR) is 227 cm³/mol. The zero-order valence-corrected chi connectivity index (χ0v) is 34.3. The molecule has 312 valence electrons. The Hall–Kier alpha value is -4.75. The third-order valence-corrected chi connectivity index (χ3v) is 10.7. The first-order chi connectivity index (χ1) is 28.7. The summed E-state index contributed by atoms with van der Waals surface area (Å²) in [6, 6.07) is 48.7. The van der Waals surface area contributed by atoms with E-state index in [1.807, 2.05) is 141 Å². The quantitative estimate of drug-likeness (QED) is 0.0677. The highest BCUT2D eigenvalue weighted by molar-refractivity contribution is 5.73. The molecule has 1 heterocycles. The van der Waals surface area contributed by atoms with Gasteiger partial charge in [-0.1, -0.05) is 152 Å². The number of carboxylic acids is 1. The van der Waals surface area contributed by atoms with Crippen molar-refractivity contribution >= 4 is 5.97 Å². The molecule has 1 fully saturated rings. The Morgan fingerprint density at radius 1 is 0.695 bits per heavy atom. The fourth-order valence-corrected chi connectivity index (χ4v) is 7.86. The number of hydrogen-bond donors (Lipinski definition) is 2. The van der Waals surface area contributed by atoms with Gasteiger partial charge in [0.05, 0.1) is 37.5 Å². The summed E-state index contributed by atoms with van der Waals surface area (Å²) in [5.74, 6) is -2.20. The highest BCUT2D eigenvalue weighted by Gasteiger charge is 2.47. The van der Waals surface area contributed by atoms with Gasteiger partial charge in [-0.3, -0.25) is 9.80 Å². The Bertz CT molecular complexity index is 1860. The molecule has 0 unspecified atom stereocenters. The van der Waals surface area contributed by atoms with Crippen molar-refractivity contribution in [2.45, 2.75) is 95.3 Å². The third kappa shape index (κ3) is 13.1. The maximum atomic E-state index is 13.2. The van der Waals surface area contributed by atoms with Gasteiger partial charge in [-0.25, -0.2) is 4.79 Å². The fourth-order valence-electron chi connectivity index (χ4n) is 7.86. The second kappa shape index (κ2) is 22.0. The molecular weight excluding hydrogens is 745 g/mol. The number of rotatable bonds is 22. The molecule has 1 aliphatic heterocycles. The molecule has 1 saturated heterocycles. The zero-order valence-electron chi connectivity index (χ0n) is 34.3. The number of ether oxygens (including phenoxy) is 5. The van der Waals surface area contributed by atoms with Gasteiger partial charge in [0.1, 0.15) is 12.9 Å². The average molecular weight is 803 g/mol. The number of aliphatic carboxylic acids is 1. The van der Waals surface area contributed by atoms with Crippen molar-refractivity contribution in [1.29, 1.82) is 0 Å². The first kappa shape index (κ1) is 43.8. The number of carboxylic acid groups (broad SMARTS) is 1. The van der Waals surface area contributed by atoms with Crippen molar-refractivity contribution in [2.24, 2.45) is 0 Å². The lowest BCUT2D eigenvalue weighted by Crippen LogP contribution is -2.61. The number of nitrogens with zero attached hydrogens (tertiary/aromatic N) is 2. The van der Waals surface area contributed by atoms with E-state index in [4.69, 9.17) is 23.7 Å². The van der Waals surface area contributed by atoms with Gasteiger partial charge in [0.25, 0.3) is 0 Å². The maximum Gasteiger partial charge on any atom is 0.335 e. The SMILES string of the molecule is COCO[C@H](C[C@H]1OC(C)(C)OC[C@@H]1N(Cc1ccccc1)Cc1ccccc1)[C@H]([C@@H](O)[C@H](OCc1ccccc1)C(=O)O)N(Cc1ccccc1)Cc1ccccc1. The van der Waals surface area contributed by atoms with E-state index in [0.717, 1.165) is 27.8 Å². The van der Waals surface area contributed by atoms with Crippen molar-refractivity contribution in [1.82, 2.24) is 9.80 Å². The van der Waals surface area contributed by atoms with Crippen LogP contribution < -0.4 is 0 Å². The lowest BCUT2D eigenvalue weighted by molar-refractivity contribution is -0.302. The van der Waals surface area contributed by atoms with Crippen molar-refractivity contribution in [3.8, 4) is 0 Å². The zero-order chi connectivity index (χ0) is 41.5. The predicted octanol–water partition coefficient (Wildman–Crippen LogP) is 7.69. The summed E-state index contributed by atoms with van der Waals surface area (Å²) in [6.45, 7) is 6.09. The van der Waals surface area contributed by atoms with Gasteiger partial charge in [-0.2, -0.15) is 0 Å². The molecule has 1 aliphatic rings. The smallest absolute Gasteiger partial charge is 0.335 e. The summed E-state index contributed by atoms with van der Waals surface area (Å²) < 4.78 is 31.6. The van der Waals surface area contributed by atoms with E-state index in [9.17, 15) is 15.0 Å². The van der Waals surface area contributed by atoms with Crippen LogP contribution in [0.25, 0.3) is 0 Å². The van der Waals surface area contributed by atoms with Crippen molar-refractivity contribution in [3.63, 3.8) is 0 Å². The second-order valence-electron chi connectivity index (χ2n) is 15.6. The Balaban J connectivity index is 1.42. The lowest BCUT2D eigenvalue weighted by Gasteiger charge is -2.48. The van der Waals surface area contributed by atoms with Crippen LogP contribution in [0, 0.1) is 0 Å². The van der Waals surface area contributed by atoms with Crippen LogP contribution in [0.3, 0.4) is 0 Å². The highest BCUT2D eigenvalue weighted by atomic mass is 16.7. The van der Waals surface area contributed by atoms with Gasteiger partial charge < -0.3 is 33.9 Å². The molecule has 0 saturated carbocycles. The third-order valence-electron chi connectivity index (χ3n) is 10.7. The number of carbonyl (C=O) groups is 1. The Labute approximate surface area is 348 Å². The summed E-state index contributed by atoms with van der Waals surface area (Å²) in [4.78, 5) is 17.7. The summed E-state index contributed by atoms with van der Waals surface area (Å²) in [6.07, 6.45) is -4.17. The molecule has 0 aliphatic carbocycles. The van der Waals surface area contributed by atoms with Crippen LogP contribution in [-0.2, 0) is 61.3 Å². The summed E-state index contributed by atoms with van der Waals surface area (Å²) >= 11 is 0. The Kier molecular flexibility index (Phi) is 16.4. The molecule has 5 aromatic rings. The topological polar surface area (TPSA) is 110 Å². The Morgan fingerprint density at radius 3 is 1.58 bits per heavy atom. The van der Waals surface area contributed by atoms with E-state index >= 15 is 0 Å². The van der Waals surface area contributed by atoms with E-state index in [1.165, 1.54) is 0 Å². The molecule has 5 aromatic carbocycles. The summed E-state index contributed by atoms with van der Waals surface area (Å²) in [5.41, 5.74) is 5.05. The van der Waals surface area contributed by atoms with Gasteiger partial charge in [0.15, 0.2) is 11.9 Å². The lowest BCUT2D eigenvalue weighted by atomic mass is 9.90. The van der Waals surface area contributed by atoms with Gasteiger partial charge in [-0.05, 0) is 41.7 Å². The van der Waals surface area contributed by atoms with Crippen molar-refractivity contribution in [2.75, 3.05) is 20.5 Å². The number of hydrogen-bond acceptors (Lipinski definition) is 9. The number of aliphatic hydroxyl groups excluding tert-OH is 1. The standard InChI is InChI=1S/C49H58N2O8/c1-49(2)58-35-42(50(30-37-19-9-4-10-20-37)31-38-21-11-5-12-22-38)43(59-49)29-44(57-36-55-3)45(46(52)47(48(53)54)56-34-41-27-17-8-18-28-41)51(32-39-23-13-6-14-24-39)33-40-25-15-7-16-26-40/h4-28,42-47,52H,29-36H2,1-3H3,(H,53,54)/t42-,43+,44+,45+,46+,47-/m0/s1. The second-order valence-corrected chi connectivity index (χ2v) is 15.6. The van der Waals surface area contributed by atoms with Crippen LogP contribution in [0.1, 0.15) is 48.1 Å². The molecule has 0 aromatic heterocycles. The molecular formula is C49H58N2O8. The number of methoxy groups -OCH3 is 1. The molecule has 0 amide bonds. The molecule has 0 spiro atoms. The molecule has 10 heteroatoms. The normalized spacial score (nSPS) is 18.6. The maximum absolute atomic E-state index is 13.2. The van der Waals surface area contributed by atoms with Crippen LogP contribution in [0.15, 0.2) is 152 Å². The Morgan fingerprint density at radius 2 is 1.14 bits per heavy atom. The number of benzene rings is 5. The summed E-state index contributed by atoms with van der Waals surface area (Å²) in [7, 11) is 1.55. The monoisotopic (exact) mass is 802 g/mol. The minimum atomic E-state index is -1.60. The summed E-state index contributed by atoms with van der Waals surface area (Å²) in [5, 5.41) is 23.4. The van der Waals surface area contributed by atoms with Gasteiger partial charge in [0.2, 0.25) is 0 Å². The van der Waals surface area contributed by atoms with E-state index in [1.54, 1.807) is 7.11 Å². The van der Waals surface area contributed by atoms with Gasteiger partial charge >= 0.3 is 5.97 Å². The molecule has 6 rings (SSSR count). The van der Waals surface area contributed by atoms with E-state index in [-0.39, 0.29) is 25.9 Å². The minimum Gasteiger partial charge on any atom is -0.479 e. The van der Waals surface area contributed by atoms with Gasteiger partial charge in [0, 0.05) is 39.7 Å². The average Bonchev–Trinajstić information content (AvgIpc) is 3.24. The van der Waals surface area contributed by atoms with Crippen LogP contribution in [0.2, 0.25) is 0 Å². The van der Waals surface area contributed by atoms with E-state index < -0.39 is 42.2 Å².